The number of anilines is 1. The van der Waals surface area contributed by atoms with Crippen molar-refractivity contribution < 1.29 is 4.79 Å². The molecule has 1 aromatic heterocycles. The van der Waals surface area contributed by atoms with Crippen LogP contribution >= 0.6 is 0 Å². The minimum atomic E-state index is -0.106. The summed E-state index contributed by atoms with van der Waals surface area (Å²) in [5.74, 6) is -0.0376. The van der Waals surface area contributed by atoms with Gasteiger partial charge in [0.15, 0.2) is 0 Å². The molecule has 4 nitrogen and oxygen atoms in total. The lowest BCUT2D eigenvalue weighted by atomic mass is 10.1. The van der Waals surface area contributed by atoms with Crippen LogP contribution in [-0.4, -0.2) is 10.9 Å². The number of hydrogen-bond donors (Lipinski definition) is 2. The van der Waals surface area contributed by atoms with Crippen molar-refractivity contribution in [3.63, 3.8) is 0 Å². The van der Waals surface area contributed by atoms with Gasteiger partial charge in [-0.2, -0.15) is 0 Å². The number of fused-ring (bicyclic) bond motifs is 1. The molecule has 0 aliphatic carbocycles. The van der Waals surface area contributed by atoms with Crippen molar-refractivity contribution in [2.24, 2.45) is 0 Å². The van der Waals surface area contributed by atoms with Crippen LogP contribution in [0.1, 0.15) is 23.1 Å². The molecule has 122 valence electrons. The highest BCUT2D eigenvalue weighted by Gasteiger charge is 2.05. The molecule has 2 aromatic carbocycles. The number of carbonyl (C=O) groups excluding carboxylic acids is 1. The Balaban J connectivity index is 1.67. The lowest BCUT2D eigenvalue weighted by molar-refractivity contribution is -0.116. The number of pyridine rings is 1. The number of rotatable bonds is 4. The van der Waals surface area contributed by atoms with Crippen molar-refractivity contribution in [2.45, 2.75) is 26.7 Å². The maximum absolute atomic E-state index is 12.1. The summed E-state index contributed by atoms with van der Waals surface area (Å²) in [6, 6.07) is 15.6. The van der Waals surface area contributed by atoms with Crippen LogP contribution in [0.5, 0.6) is 0 Å². The van der Waals surface area contributed by atoms with E-state index in [0.29, 0.717) is 24.1 Å². The zero-order valence-electron chi connectivity index (χ0n) is 13.8. The predicted molar refractivity (Wildman–Crippen MR) is 97.4 cm³/mol. The van der Waals surface area contributed by atoms with E-state index >= 15 is 0 Å². The number of nitrogens with one attached hydrogen (secondary N) is 2. The second-order valence-electron chi connectivity index (χ2n) is 6.12. The fourth-order valence-corrected chi connectivity index (χ4v) is 2.62. The average Bonchev–Trinajstić information content (AvgIpc) is 2.56. The molecule has 0 bridgehead atoms. The van der Waals surface area contributed by atoms with E-state index in [1.54, 1.807) is 13.0 Å². The van der Waals surface area contributed by atoms with Crippen molar-refractivity contribution in [1.29, 1.82) is 0 Å². The van der Waals surface area contributed by atoms with Gasteiger partial charge in [0.25, 0.3) is 5.56 Å². The average molecular weight is 320 g/mol. The molecule has 0 aliphatic rings. The van der Waals surface area contributed by atoms with Crippen LogP contribution in [0, 0.1) is 13.8 Å². The highest BCUT2D eigenvalue weighted by atomic mass is 16.1. The Kier molecular flexibility index (Phi) is 4.47. The van der Waals surface area contributed by atoms with Crippen molar-refractivity contribution >= 4 is 22.5 Å². The maximum atomic E-state index is 12.1. The highest BCUT2D eigenvalue weighted by Crippen LogP contribution is 2.17. The van der Waals surface area contributed by atoms with Crippen LogP contribution in [0.3, 0.4) is 0 Å². The number of benzene rings is 2. The standard InChI is InChI=1S/C20H20N2O2/c1-13-3-5-15(6-4-13)7-10-19(23)21-17-9-8-16-11-14(2)20(24)22-18(16)12-17/h3-6,8-9,11-12H,7,10H2,1-2H3,(H,21,23)(H,22,24). The van der Waals surface area contributed by atoms with Gasteiger partial charge in [-0.3, -0.25) is 9.59 Å². The predicted octanol–water partition coefficient (Wildman–Crippen LogP) is 3.72. The molecule has 1 amide bonds. The fraction of sp³-hybridized carbons (Fsp3) is 0.200. The van der Waals surface area contributed by atoms with E-state index in [1.165, 1.54) is 5.56 Å². The van der Waals surface area contributed by atoms with Crippen LogP contribution in [0.4, 0.5) is 5.69 Å². The minimum Gasteiger partial charge on any atom is -0.326 e. The van der Waals surface area contributed by atoms with Crippen molar-refractivity contribution in [3.8, 4) is 0 Å². The molecule has 2 N–H and O–H groups in total. The van der Waals surface area contributed by atoms with E-state index in [4.69, 9.17) is 0 Å². The third-order valence-electron chi connectivity index (χ3n) is 4.08. The van der Waals surface area contributed by atoms with Gasteiger partial charge in [-0.1, -0.05) is 35.9 Å². The van der Waals surface area contributed by atoms with Crippen molar-refractivity contribution in [3.05, 3.63) is 75.6 Å². The summed E-state index contributed by atoms with van der Waals surface area (Å²) >= 11 is 0. The molecule has 3 rings (SSSR count). The van der Waals surface area contributed by atoms with Gasteiger partial charge in [-0.25, -0.2) is 0 Å². The highest BCUT2D eigenvalue weighted by molar-refractivity contribution is 5.93. The Morgan fingerprint density at radius 2 is 1.79 bits per heavy atom. The monoisotopic (exact) mass is 320 g/mol. The number of aryl methyl sites for hydroxylation is 3. The number of aromatic nitrogens is 1. The van der Waals surface area contributed by atoms with E-state index in [1.807, 2.05) is 37.3 Å². The summed E-state index contributed by atoms with van der Waals surface area (Å²) in [5, 5.41) is 3.84. The number of carbonyl (C=O) groups is 1. The van der Waals surface area contributed by atoms with Crippen LogP contribution < -0.4 is 10.9 Å². The van der Waals surface area contributed by atoms with Crippen LogP contribution in [0.2, 0.25) is 0 Å². The molecule has 1 heterocycles. The van der Waals surface area contributed by atoms with Gasteiger partial charge < -0.3 is 10.3 Å². The second kappa shape index (κ2) is 6.71. The van der Waals surface area contributed by atoms with Crippen LogP contribution in [0.25, 0.3) is 10.9 Å². The summed E-state index contributed by atoms with van der Waals surface area (Å²) in [5.41, 5.74) is 4.35. The van der Waals surface area contributed by atoms with E-state index in [9.17, 15) is 9.59 Å². The fourth-order valence-electron chi connectivity index (χ4n) is 2.62. The number of hydrogen-bond acceptors (Lipinski definition) is 2. The van der Waals surface area contributed by atoms with Crippen LogP contribution in [-0.2, 0) is 11.2 Å². The normalized spacial score (nSPS) is 10.8. The first kappa shape index (κ1) is 16.0. The summed E-state index contributed by atoms with van der Waals surface area (Å²) < 4.78 is 0. The van der Waals surface area contributed by atoms with Gasteiger partial charge in [-0.05, 0) is 49.4 Å². The molecular weight excluding hydrogens is 300 g/mol. The quantitative estimate of drug-likeness (QED) is 0.769. The topological polar surface area (TPSA) is 62.0 Å². The first-order chi connectivity index (χ1) is 11.5. The SMILES string of the molecule is Cc1ccc(CCC(=O)Nc2ccc3cc(C)c(=O)[nH]c3c2)cc1. The molecule has 0 saturated carbocycles. The molecule has 24 heavy (non-hydrogen) atoms. The largest absolute Gasteiger partial charge is 0.326 e. The molecule has 0 unspecified atom stereocenters. The molecule has 0 radical (unpaired) electrons. The molecule has 0 saturated heterocycles. The Morgan fingerprint density at radius 1 is 1.04 bits per heavy atom. The minimum absolute atomic E-state index is 0.0376. The number of aromatic amines is 1. The Labute approximate surface area is 140 Å². The van der Waals surface area contributed by atoms with Gasteiger partial charge in [0, 0.05) is 17.7 Å². The summed E-state index contributed by atoms with van der Waals surface area (Å²) in [6.45, 7) is 3.82. The molecule has 0 aliphatic heterocycles. The first-order valence-electron chi connectivity index (χ1n) is 8.00. The second-order valence-corrected chi connectivity index (χ2v) is 6.12. The van der Waals surface area contributed by atoms with E-state index < -0.39 is 0 Å². The Bertz CT molecular complexity index is 940. The van der Waals surface area contributed by atoms with E-state index in [0.717, 1.165) is 16.5 Å². The van der Waals surface area contributed by atoms with Crippen molar-refractivity contribution in [1.82, 2.24) is 4.98 Å². The lowest BCUT2D eigenvalue weighted by Crippen LogP contribution is -2.13. The smallest absolute Gasteiger partial charge is 0.251 e. The zero-order chi connectivity index (χ0) is 17.1. The summed E-state index contributed by atoms with van der Waals surface area (Å²) in [4.78, 5) is 26.7. The number of H-pyrrole nitrogens is 1. The third-order valence-corrected chi connectivity index (χ3v) is 4.08. The molecule has 3 aromatic rings. The van der Waals surface area contributed by atoms with Gasteiger partial charge in [-0.15, -0.1) is 0 Å². The summed E-state index contributed by atoms with van der Waals surface area (Å²) in [6.07, 6.45) is 1.13. The number of amides is 1. The Morgan fingerprint density at radius 3 is 2.54 bits per heavy atom. The van der Waals surface area contributed by atoms with Gasteiger partial charge in [0.05, 0.1) is 5.52 Å². The molecule has 0 fully saturated rings. The lowest BCUT2D eigenvalue weighted by Gasteiger charge is -2.07. The van der Waals surface area contributed by atoms with E-state index in [-0.39, 0.29) is 11.5 Å². The molecular formula is C20H20N2O2. The molecule has 0 spiro atoms. The maximum Gasteiger partial charge on any atom is 0.251 e. The molecule has 4 heteroatoms. The Hall–Kier alpha value is -2.88. The zero-order valence-corrected chi connectivity index (χ0v) is 13.8. The van der Waals surface area contributed by atoms with Gasteiger partial charge in [0.2, 0.25) is 5.91 Å². The van der Waals surface area contributed by atoms with E-state index in [2.05, 4.69) is 22.4 Å². The van der Waals surface area contributed by atoms with Gasteiger partial charge >= 0.3 is 0 Å². The van der Waals surface area contributed by atoms with Gasteiger partial charge in [0.1, 0.15) is 0 Å². The molecule has 0 atom stereocenters. The third kappa shape index (κ3) is 3.71. The van der Waals surface area contributed by atoms with Crippen LogP contribution in [0.15, 0.2) is 53.3 Å². The van der Waals surface area contributed by atoms with Crippen molar-refractivity contribution in [2.75, 3.05) is 5.32 Å². The summed E-state index contributed by atoms with van der Waals surface area (Å²) in [7, 11) is 0. The first-order valence-corrected chi connectivity index (χ1v) is 8.00.